The van der Waals surface area contributed by atoms with Crippen LogP contribution < -0.4 is 4.74 Å². The van der Waals surface area contributed by atoms with Gasteiger partial charge in [-0.3, -0.25) is 0 Å². The van der Waals surface area contributed by atoms with E-state index in [9.17, 15) is 23.1 Å². The van der Waals surface area contributed by atoms with Crippen LogP contribution in [-0.4, -0.2) is 22.7 Å². The molecular formula is C28H24F3NO3. The van der Waals surface area contributed by atoms with Crippen LogP contribution in [0.15, 0.2) is 72.8 Å². The molecule has 180 valence electrons. The molecule has 4 nitrogen and oxygen atoms in total. The zero-order valence-electron chi connectivity index (χ0n) is 19.1. The van der Waals surface area contributed by atoms with Gasteiger partial charge in [-0.1, -0.05) is 56.2 Å². The summed E-state index contributed by atoms with van der Waals surface area (Å²) in [6, 6.07) is 19.5. The van der Waals surface area contributed by atoms with E-state index in [0.29, 0.717) is 17.9 Å². The van der Waals surface area contributed by atoms with Crippen LogP contribution in [0.3, 0.4) is 0 Å². The number of alkyl halides is 3. The van der Waals surface area contributed by atoms with E-state index in [1.54, 1.807) is 0 Å². The molecule has 0 saturated carbocycles. The predicted octanol–water partition coefficient (Wildman–Crippen LogP) is 7.85. The lowest BCUT2D eigenvalue weighted by molar-refractivity contribution is -0.137. The Balaban J connectivity index is 1.59. The Morgan fingerprint density at radius 3 is 2.11 bits per heavy atom. The molecule has 0 unspecified atom stereocenters. The number of fused-ring (bicyclic) bond motifs is 1. The van der Waals surface area contributed by atoms with Crippen molar-refractivity contribution in [2.24, 2.45) is 0 Å². The van der Waals surface area contributed by atoms with E-state index in [0.717, 1.165) is 48.3 Å². The topological polar surface area (TPSA) is 59.4 Å². The van der Waals surface area contributed by atoms with Crippen molar-refractivity contribution in [1.82, 2.24) is 4.98 Å². The Labute approximate surface area is 201 Å². The van der Waals surface area contributed by atoms with E-state index in [2.05, 4.69) is 11.9 Å². The van der Waals surface area contributed by atoms with Gasteiger partial charge in [0.1, 0.15) is 5.75 Å². The predicted molar refractivity (Wildman–Crippen MR) is 130 cm³/mol. The molecule has 3 aromatic carbocycles. The molecule has 4 aromatic rings. The smallest absolute Gasteiger partial charge is 0.416 e. The Hall–Kier alpha value is -3.87. The molecule has 35 heavy (non-hydrogen) atoms. The molecule has 7 heteroatoms. The molecule has 0 aliphatic rings. The van der Waals surface area contributed by atoms with Crippen molar-refractivity contribution in [2.45, 2.75) is 32.4 Å². The van der Waals surface area contributed by atoms with E-state index < -0.39 is 17.7 Å². The summed E-state index contributed by atoms with van der Waals surface area (Å²) in [6.45, 7) is 2.84. The highest BCUT2D eigenvalue weighted by Crippen LogP contribution is 2.34. The number of hydrogen-bond donors (Lipinski definition) is 1. The van der Waals surface area contributed by atoms with E-state index in [-0.39, 0.29) is 16.5 Å². The molecule has 0 spiro atoms. The van der Waals surface area contributed by atoms with Crippen LogP contribution in [0, 0.1) is 0 Å². The Bertz CT molecular complexity index is 1330. The Morgan fingerprint density at radius 1 is 0.886 bits per heavy atom. The summed E-state index contributed by atoms with van der Waals surface area (Å²) in [5, 5.41) is 9.57. The number of pyridine rings is 1. The average molecular weight is 479 g/mol. The van der Waals surface area contributed by atoms with Gasteiger partial charge >= 0.3 is 12.1 Å². The summed E-state index contributed by atoms with van der Waals surface area (Å²) < 4.78 is 45.1. The van der Waals surface area contributed by atoms with Crippen LogP contribution in [0.1, 0.15) is 42.1 Å². The first-order valence-corrected chi connectivity index (χ1v) is 11.3. The van der Waals surface area contributed by atoms with E-state index >= 15 is 0 Å². The number of ether oxygens (including phenoxy) is 1. The van der Waals surface area contributed by atoms with Crippen molar-refractivity contribution in [2.75, 3.05) is 6.61 Å². The highest BCUT2D eigenvalue weighted by atomic mass is 19.4. The number of unbranched alkanes of at least 4 members (excludes halogenated alkanes) is 2. The minimum absolute atomic E-state index is 0.0512. The van der Waals surface area contributed by atoms with Gasteiger partial charge in [0.25, 0.3) is 0 Å². The number of carboxylic acids is 1. The lowest BCUT2D eigenvalue weighted by atomic mass is 10.00. The highest BCUT2D eigenvalue weighted by Gasteiger charge is 2.31. The van der Waals surface area contributed by atoms with Gasteiger partial charge in [0.15, 0.2) is 0 Å². The Morgan fingerprint density at radius 2 is 1.51 bits per heavy atom. The maximum absolute atomic E-state index is 13.1. The van der Waals surface area contributed by atoms with Gasteiger partial charge in [0, 0.05) is 10.9 Å². The second-order valence-corrected chi connectivity index (χ2v) is 8.25. The van der Waals surface area contributed by atoms with Gasteiger partial charge < -0.3 is 9.84 Å². The lowest BCUT2D eigenvalue weighted by Crippen LogP contribution is -2.06. The number of carboxylic acid groups (broad SMARTS) is 1. The monoisotopic (exact) mass is 479 g/mol. The molecule has 0 aliphatic carbocycles. The number of carbonyl (C=O) groups is 1. The molecule has 0 bridgehead atoms. The van der Waals surface area contributed by atoms with Crippen LogP contribution in [-0.2, 0) is 6.18 Å². The maximum Gasteiger partial charge on any atom is 0.416 e. The zero-order valence-corrected chi connectivity index (χ0v) is 19.1. The van der Waals surface area contributed by atoms with Gasteiger partial charge in [0.05, 0.1) is 28.9 Å². The fraction of sp³-hybridized carbons (Fsp3) is 0.214. The van der Waals surface area contributed by atoms with E-state index in [1.165, 1.54) is 12.1 Å². The molecule has 0 aliphatic heterocycles. The van der Waals surface area contributed by atoms with Crippen LogP contribution in [0.2, 0.25) is 0 Å². The quantitative estimate of drug-likeness (QED) is 0.261. The van der Waals surface area contributed by atoms with Gasteiger partial charge in [-0.2, -0.15) is 13.2 Å². The van der Waals surface area contributed by atoms with Crippen LogP contribution in [0.5, 0.6) is 5.75 Å². The number of aromatic carboxylic acids is 1. The van der Waals surface area contributed by atoms with Crippen molar-refractivity contribution in [3.63, 3.8) is 0 Å². The fourth-order valence-corrected chi connectivity index (χ4v) is 3.85. The molecular weight excluding hydrogens is 455 g/mol. The third-order valence-electron chi connectivity index (χ3n) is 5.75. The third-order valence-corrected chi connectivity index (χ3v) is 5.75. The van der Waals surface area contributed by atoms with Gasteiger partial charge in [-0.15, -0.1) is 0 Å². The zero-order chi connectivity index (χ0) is 25.0. The van der Waals surface area contributed by atoms with Crippen molar-refractivity contribution < 1.29 is 27.8 Å². The second kappa shape index (κ2) is 10.2. The molecule has 0 fully saturated rings. The van der Waals surface area contributed by atoms with Gasteiger partial charge in [0.2, 0.25) is 0 Å². The van der Waals surface area contributed by atoms with Crippen molar-refractivity contribution in [3.05, 3.63) is 83.9 Å². The fourth-order valence-electron chi connectivity index (χ4n) is 3.85. The first-order valence-electron chi connectivity index (χ1n) is 11.3. The van der Waals surface area contributed by atoms with Crippen molar-refractivity contribution >= 4 is 16.9 Å². The number of nitrogens with zero attached hydrogens (tertiary/aromatic N) is 1. The molecule has 0 saturated heterocycles. The number of aromatic nitrogens is 1. The first-order chi connectivity index (χ1) is 16.8. The normalized spacial score (nSPS) is 11.5. The number of halogens is 3. The molecule has 0 atom stereocenters. The molecule has 1 N–H and O–H groups in total. The molecule has 0 amide bonds. The van der Waals surface area contributed by atoms with Crippen molar-refractivity contribution in [1.29, 1.82) is 0 Å². The number of rotatable bonds is 8. The maximum atomic E-state index is 13.1. The molecule has 4 rings (SSSR count). The van der Waals surface area contributed by atoms with Crippen LogP contribution in [0.25, 0.3) is 33.3 Å². The summed E-state index contributed by atoms with van der Waals surface area (Å²) in [7, 11) is 0. The lowest BCUT2D eigenvalue weighted by Gasteiger charge is -2.11. The summed E-state index contributed by atoms with van der Waals surface area (Å²) in [5.41, 5.74) is 2.03. The second-order valence-electron chi connectivity index (χ2n) is 8.25. The SMILES string of the molecule is CCCCCOc1ccc(-c2ccc(-c3cc(C(=O)O)c4cc(C(F)(F)F)ccc4n3)cc2)cc1. The highest BCUT2D eigenvalue weighted by molar-refractivity contribution is 6.04. The van der Waals surface area contributed by atoms with Crippen LogP contribution >= 0.6 is 0 Å². The van der Waals surface area contributed by atoms with Gasteiger partial charge in [-0.25, -0.2) is 9.78 Å². The molecule has 1 heterocycles. The summed E-state index contributed by atoms with van der Waals surface area (Å²) in [4.78, 5) is 16.2. The standard InChI is InChI=1S/C28H24F3NO3/c1-2-3-4-15-35-22-12-9-19(10-13-22)18-5-7-20(8-6-18)26-17-24(27(33)34)23-16-21(28(29,30)31)11-14-25(23)32-26/h5-14,16-17H,2-4,15H2,1H3,(H,33,34). The van der Waals surface area contributed by atoms with E-state index in [1.807, 2.05) is 48.5 Å². The molecule has 0 radical (unpaired) electrons. The minimum atomic E-state index is -4.57. The van der Waals surface area contributed by atoms with Crippen molar-refractivity contribution in [3.8, 4) is 28.1 Å². The van der Waals surface area contributed by atoms with E-state index in [4.69, 9.17) is 4.74 Å². The third kappa shape index (κ3) is 5.62. The van der Waals surface area contributed by atoms with Gasteiger partial charge in [-0.05, 0) is 53.9 Å². The average Bonchev–Trinajstić information content (AvgIpc) is 2.85. The van der Waals surface area contributed by atoms with Crippen LogP contribution in [0.4, 0.5) is 13.2 Å². The number of benzene rings is 3. The largest absolute Gasteiger partial charge is 0.494 e. The number of hydrogen-bond acceptors (Lipinski definition) is 3. The summed E-state index contributed by atoms with van der Waals surface area (Å²) in [6.07, 6.45) is -1.27. The Kier molecular flexibility index (Phi) is 7.05. The first kappa shape index (κ1) is 24.3. The summed E-state index contributed by atoms with van der Waals surface area (Å²) >= 11 is 0. The molecule has 1 aromatic heterocycles. The summed E-state index contributed by atoms with van der Waals surface area (Å²) in [5.74, 6) is -0.497. The minimum Gasteiger partial charge on any atom is -0.494 e.